The van der Waals surface area contributed by atoms with Crippen LogP contribution in [0.2, 0.25) is 0 Å². The van der Waals surface area contributed by atoms with Crippen LogP contribution in [-0.2, 0) is 16.0 Å². The molecule has 2 aromatic rings. The molecule has 0 fully saturated rings. The summed E-state index contributed by atoms with van der Waals surface area (Å²) in [6.45, 7) is 1.33. The molecule has 0 spiro atoms. The van der Waals surface area contributed by atoms with E-state index >= 15 is 0 Å². The number of rotatable bonds is 5. The van der Waals surface area contributed by atoms with Crippen LogP contribution in [0.15, 0.2) is 42.5 Å². The van der Waals surface area contributed by atoms with Crippen molar-refractivity contribution in [3.05, 3.63) is 48.0 Å². The zero-order valence-corrected chi connectivity index (χ0v) is 11.6. The molecule has 0 radical (unpaired) electrons. The first-order valence-electron chi connectivity index (χ1n) is 6.66. The van der Waals surface area contributed by atoms with Gasteiger partial charge in [-0.1, -0.05) is 42.5 Å². The highest BCUT2D eigenvalue weighted by atomic mass is 16.4. The Balaban J connectivity index is 2.17. The molecule has 3 N–H and O–H groups in total. The quantitative estimate of drug-likeness (QED) is 0.774. The summed E-state index contributed by atoms with van der Waals surface area (Å²) in [5, 5.41) is 22.6. The minimum Gasteiger partial charge on any atom is -0.480 e. The lowest BCUT2D eigenvalue weighted by atomic mass is 10.0. The number of aliphatic hydroxyl groups excluding tert-OH is 1. The van der Waals surface area contributed by atoms with Crippen LogP contribution in [0.5, 0.6) is 0 Å². The lowest BCUT2D eigenvalue weighted by molar-refractivity contribution is -0.144. The van der Waals surface area contributed by atoms with E-state index in [4.69, 9.17) is 5.11 Å². The maximum Gasteiger partial charge on any atom is 0.328 e. The van der Waals surface area contributed by atoms with Crippen LogP contribution in [0.25, 0.3) is 10.8 Å². The number of carbonyl (C=O) groups is 2. The number of carboxylic acid groups (broad SMARTS) is 1. The largest absolute Gasteiger partial charge is 0.480 e. The minimum atomic E-state index is -1.30. The van der Waals surface area contributed by atoms with Gasteiger partial charge in [-0.05, 0) is 23.3 Å². The third-order valence-electron chi connectivity index (χ3n) is 3.30. The molecule has 0 saturated carbocycles. The van der Waals surface area contributed by atoms with Crippen molar-refractivity contribution in [1.29, 1.82) is 0 Å². The first-order chi connectivity index (χ1) is 9.99. The van der Waals surface area contributed by atoms with E-state index in [1.165, 1.54) is 6.92 Å². The molecule has 5 heteroatoms. The first-order valence-corrected chi connectivity index (χ1v) is 6.66. The number of aliphatic hydroxyl groups is 1. The smallest absolute Gasteiger partial charge is 0.328 e. The van der Waals surface area contributed by atoms with Crippen LogP contribution in [0.1, 0.15) is 12.5 Å². The van der Waals surface area contributed by atoms with Gasteiger partial charge in [0.15, 0.2) is 6.04 Å². The fourth-order valence-electron chi connectivity index (χ4n) is 2.23. The number of carbonyl (C=O) groups excluding carboxylic acids is 1. The Morgan fingerprint density at radius 1 is 1.14 bits per heavy atom. The predicted octanol–water partition coefficient (Wildman–Crippen LogP) is 1.33. The van der Waals surface area contributed by atoms with Crippen molar-refractivity contribution in [1.82, 2.24) is 5.32 Å². The van der Waals surface area contributed by atoms with E-state index in [2.05, 4.69) is 5.32 Å². The molecule has 0 unspecified atom stereocenters. The van der Waals surface area contributed by atoms with Crippen LogP contribution >= 0.6 is 0 Å². The highest BCUT2D eigenvalue weighted by molar-refractivity contribution is 5.91. The highest BCUT2D eigenvalue weighted by Gasteiger charge is 2.24. The summed E-state index contributed by atoms with van der Waals surface area (Å²) in [5.41, 5.74) is 0.820. The lowest BCUT2D eigenvalue weighted by Crippen LogP contribution is -2.48. The molecular weight excluding hydrogens is 270 g/mol. The molecule has 0 bridgehead atoms. The van der Waals surface area contributed by atoms with Crippen molar-refractivity contribution >= 4 is 22.6 Å². The van der Waals surface area contributed by atoms with Gasteiger partial charge in [0.25, 0.3) is 0 Å². The minimum absolute atomic E-state index is 0.0673. The Labute approximate surface area is 122 Å². The van der Waals surface area contributed by atoms with E-state index in [0.29, 0.717) is 0 Å². The third-order valence-corrected chi connectivity index (χ3v) is 3.30. The van der Waals surface area contributed by atoms with Crippen molar-refractivity contribution < 1.29 is 19.8 Å². The lowest BCUT2D eigenvalue weighted by Gasteiger charge is -2.17. The zero-order valence-electron chi connectivity index (χ0n) is 11.6. The van der Waals surface area contributed by atoms with Gasteiger partial charge in [0.05, 0.1) is 12.5 Å². The summed E-state index contributed by atoms with van der Waals surface area (Å²) in [4.78, 5) is 23.0. The Morgan fingerprint density at radius 2 is 1.81 bits per heavy atom. The number of carboxylic acids is 1. The van der Waals surface area contributed by atoms with Gasteiger partial charge in [-0.15, -0.1) is 0 Å². The van der Waals surface area contributed by atoms with Crippen molar-refractivity contribution in [3.63, 3.8) is 0 Å². The normalized spacial score (nSPS) is 13.6. The summed E-state index contributed by atoms with van der Waals surface area (Å²) in [6, 6.07) is 12.0. The molecule has 0 aliphatic heterocycles. The standard InChI is InChI=1S/C16H17NO4/c1-10(18)15(16(20)21)17-14(19)9-12-7-4-6-11-5-2-3-8-13(11)12/h2-8,10,15,18H,9H2,1H3,(H,17,19)(H,20,21)/t10-,15+/m0/s1. The average Bonchev–Trinajstić information content (AvgIpc) is 2.44. The molecule has 5 nitrogen and oxygen atoms in total. The van der Waals surface area contributed by atoms with Gasteiger partial charge in [-0.3, -0.25) is 4.79 Å². The molecule has 0 saturated heterocycles. The monoisotopic (exact) mass is 287 g/mol. The zero-order chi connectivity index (χ0) is 15.4. The van der Waals surface area contributed by atoms with Gasteiger partial charge in [-0.2, -0.15) is 0 Å². The van der Waals surface area contributed by atoms with Crippen molar-refractivity contribution in [2.24, 2.45) is 0 Å². The van der Waals surface area contributed by atoms with Gasteiger partial charge in [0, 0.05) is 0 Å². The van der Waals surface area contributed by atoms with Crippen LogP contribution < -0.4 is 5.32 Å². The number of benzene rings is 2. The van der Waals surface area contributed by atoms with Crippen molar-refractivity contribution in [3.8, 4) is 0 Å². The Kier molecular flexibility index (Phi) is 4.55. The number of aliphatic carboxylic acids is 1. The van der Waals surface area contributed by atoms with Gasteiger partial charge < -0.3 is 15.5 Å². The highest BCUT2D eigenvalue weighted by Crippen LogP contribution is 2.18. The summed E-state index contributed by atoms with van der Waals surface area (Å²) in [7, 11) is 0. The second-order valence-corrected chi connectivity index (χ2v) is 4.94. The van der Waals surface area contributed by atoms with E-state index < -0.39 is 24.0 Å². The predicted molar refractivity (Wildman–Crippen MR) is 78.9 cm³/mol. The van der Waals surface area contributed by atoms with Crippen molar-refractivity contribution in [2.75, 3.05) is 0 Å². The van der Waals surface area contributed by atoms with E-state index in [1.807, 2.05) is 42.5 Å². The topological polar surface area (TPSA) is 86.6 Å². The molecule has 2 rings (SSSR count). The molecule has 0 aromatic heterocycles. The fourth-order valence-corrected chi connectivity index (χ4v) is 2.23. The Hall–Kier alpha value is -2.40. The number of hydrogen-bond donors (Lipinski definition) is 3. The van der Waals surface area contributed by atoms with E-state index in [-0.39, 0.29) is 6.42 Å². The van der Waals surface area contributed by atoms with Crippen LogP contribution in [0, 0.1) is 0 Å². The SMILES string of the molecule is C[C@H](O)[C@@H](NC(=O)Cc1cccc2ccccc12)C(=O)O. The molecule has 21 heavy (non-hydrogen) atoms. The molecular formula is C16H17NO4. The van der Waals surface area contributed by atoms with Crippen LogP contribution in [0.3, 0.4) is 0 Å². The molecule has 0 aliphatic carbocycles. The number of nitrogens with one attached hydrogen (secondary N) is 1. The first kappa shape index (κ1) is 15.0. The van der Waals surface area contributed by atoms with Crippen LogP contribution in [-0.4, -0.2) is 34.2 Å². The van der Waals surface area contributed by atoms with Gasteiger partial charge in [-0.25, -0.2) is 4.79 Å². The molecule has 110 valence electrons. The second-order valence-electron chi connectivity index (χ2n) is 4.94. The maximum absolute atomic E-state index is 12.0. The molecule has 1 amide bonds. The number of amides is 1. The van der Waals surface area contributed by atoms with Crippen LogP contribution in [0.4, 0.5) is 0 Å². The molecule has 2 aromatic carbocycles. The molecule has 0 heterocycles. The fraction of sp³-hybridized carbons (Fsp3) is 0.250. The summed E-state index contributed by atoms with van der Waals surface area (Å²) >= 11 is 0. The summed E-state index contributed by atoms with van der Waals surface area (Å²) < 4.78 is 0. The maximum atomic E-state index is 12.0. The number of fused-ring (bicyclic) bond motifs is 1. The number of hydrogen-bond acceptors (Lipinski definition) is 3. The van der Waals surface area contributed by atoms with Crippen molar-refractivity contribution in [2.45, 2.75) is 25.5 Å². The van der Waals surface area contributed by atoms with E-state index in [1.54, 1.807) is 0 Å². The Morgan fingerprint density at radius 3 is 2.48 bits per heavy atom. The summed E-state index contributed by atoms with van der Waals surface area (Å²) in [5.74, 6) is -1.68. The average molecular weight is 287 g/mol. The molecule has 2 atom stereocenters. The van der Waals surface area contributed by atoms with E-state index in [9.17, 15) is 14.7 Å². The van der Waals surface area contributed by atoms with Gasteiger partial charge in [0.2, 0.25) is 5.91 Å². The van der Waals surface area contributed by atoms with E-state index in [0.717, 1.165) is 16.3 Å². The molecule has 0 aliphatic rings. The second kappa shape index (κ2) is 6.37. The Bertz CT molecular complexity index is 661. The summed E-state index contributed by atoms with van der Waals surface area (Å²) in [6.07, 6.45) is -1.09. The van der Waals surface area contributed by atoms with Gasteiger partial charge in [0.1, 0.15) is 0 Å². The third kappa shape index (κ3) is 3.58. The van der Waals surface area contributed by atoms with Gasteiger partial charge >= 0.3 is 5.97 Å².